The van der Waals surface area contributed by atoms with Crippen molar-refractivity contribution in [2.45, 2.75) is 51.7 Å². The van der Waals surface area contributed by atoms with Crippen LogP contribution in [0.1, 0.15) is 42.6 Å². The molecule has 214 valence electrons. The van der Waals surface area contributed by atoms with Crippen molar-refractivity contribution >= 4 is 17.7 Å². The van der Waals surface area contributed by atoms with Gasteiger partial charge in [0.25, 0.3) is 0 Å². The number of carboxylic acid groups (broad SMARTS) is 1. The van der Waals surface area contributed by atoms with Crippen molar-refractivity contribution < 1.29 is 19.0 Å². The van der Waals surface area contributed by atoms with Crippen LogP contribution in [0.25, 0.3) is 11.4 Å². The van der Waals surface area contributed by atoms with Gasteiger partial charge in [-0.1, -0.05) is 17.3 Å². The van der Waals surface area contributed by atoms with Gasteiger partial charge in [0.05, 0.1) is 35.6 Å². The highest BCUT2D eigenvalue weighted by molar-refractivity contribution is 5.70. The summed E-state index contributed by atoms with van der Waals surface area (Å²) in [5.41, 5.74) is 3.83. The zero-order chi connectivity index (χ0) is 28.8. The van der Waals surface area contributed by atoms with E-state index in [1.807, 2.05) is 26.1 Å². The second kappa shape index (κ2) is 12.7. The third kappa shape index (κ3) is 7.13. The highest BCUT2D eigenvalue weighted by Gasteiger charge is 2.28. The van der Waals surface area contributed by atoms with Gasteiger partial charge in [0.2, 0.25) is 5.95 Å². The van der Waals surface area contributed by atoms with Gasteiger partial charge in [-0.3, -0.25) is 4.79 Å². The minimum atomic E-state index is -0.762. The maximum Gasteiger partial charge on any atom is 0.306 e. The van der Waals surface area contributed by atoms with Gasteiger partial charge in [0.15, 0.2) is 0 Å². The number of rotatable bonds is 11. The van der Waals surface area contributed by atoms with Crippen LogP contribution >= 0.6 is 0 Å². The Kier molecular flexibility index (Phi) is 8.66. The summed E-state index contributed by atoms with van der Waals surface area (Å²) < 4.78 is 20.9. The molecule has 0 unspecified atom stereocenters. The van der Waals surface area contributed by atoms with Gasteiger partial charge in [-0.15, -0.1) is 5.10 Å². The van der Waals surface area contributed by atoms with Crippen LogP contribution in [-0.2, 0) is 24.8 Å². The number of aliphatic carboxylic acids is 1. The summed E-state index contributed by atoms with van der Waals surface area (Å²) in [6.07, 6.45) is 5.13. The number of pyridine rings is 1. The van der Waals surface area contributed by atoms with Gasteiger partial charge in [-0.05, 0) is 74.9 Å². The number of benzene rings is 1. The number of aromatic nitrogens is 6. The average Bonchev–Trinajstić information content (AvgIpc) is 3.34. The van der Waals surface area contributed by atoms with Crippen LogP contribution in [0.4, 0.5) is 16.2 Å². The number of ether oxygens (including phenoxy) is 1. The molecule has 3 N–H and O–H groups in total. The fourth-order valence-electron chi connectivity index (χ4n) is 4.93. The molecule has 3 aromatic heterocycles. The summed E-state index contributed by atoms with van der Waals surface area (Å²) in [6, 6.07) is 11.9. The molecule has 0 saturated heterocycles. The molecule has 5 rings (SSSR count). The lowest BCUT2D eigenvalue weighted by atomic mass is 9.87. The summed E-state index contributed by atoms with van der Waals surface area (Å²) in [5.74, 6) is 0.396. The Morgan fingerprint density at radius 2 is 1.95 bits per heavy atom. The number of nitrogens with one attached hydrogen (secondary N) is 2. The minimum Gasteiger partial charge on any atom is -0.489 e. The highest BCUT2D eigenvalue weighted by Crippen LogP contribution is 2.30. The fourth-order valence-corrected chi connectivity index (χ4v) is 4.93. The van der Waals surface area contributed by atoms with Gasteiger partial charge in [0.1, 0.15) is 23.1 Å². The number of aryl methyl sites for hydroxylation is 2. The summed E-state index contributed by atoms with van der Waals surface area (Å²) in [4.78, 5) is 25.0. The molecular weight excluding hydrogens is 527 g/mol. The third-order valence-corrected chi connectivity index (χ3v) is 7.19. The molecule has 0 bridgehead atoms. The van der Waals surface area contributed by atoms with E-state index < -0.39 is 5.97 Å². The smallest absolute Gasteiger partial charge is 0.306 e. The van der Waals surface area contributed by atoms with Gasteiger partial charge in [-0.2, -0.15) is 4.98 Å². The van der Waals surface area contributed by atoms with Crippen LogP contribution in [0, 0.1) is 18.7 Å². The lowest BCUT2D eigenvalue weighted by Crippen LogP contribution is -2.29. The molecule has 1 saturated carbocycles. The van der Waals surface area contributed by atoms with Crippen molar-refractivity contribution in [3.8, 4) is 17.1 Å². The van der Waals surface area contributed by atoms with E-state index in [0.29, 0.717) is 60.5 Å². The standard InChI is InChI=1S/C29H33FN8O3/c1-18-25(41-22-5-3-4-20(16-22)28(39)40)11-10-23(34-18)27-24(38(2)37-36-27)17-33-29-32-15-13-26(35-29)31-14-12-19-6-8-21(30)9-7-19/h6-11,13,15,20,22H,3-5,12,14,16-17H2,1-2H3,(H,39,40)(H2,31,32,33,35)/t20-,22-/m0/s1. The summed E-state index contributed by atoms with van der Waals surface area (Å²) in [5, 5.41) is 24.4. The molecular formula is C29H33FN8O3. The normalized spacial score (nSPS) is 16.8. The zero-order valence-corrected chi connectivity index (χ0v) is 23.0. The quantitative estimate of drug-likeness (QED) is 0.242. The van der Waals surface area contributed by atoms with Crippen LogP contribution in [-0.4, -0.2) is 53.7 Å². The molecule has 41 heavy (non-hydrogen) atoms. The van der Waals surface area contributed by atoms with Crippen molar-refractivity contribution in [2.24, 2.45) is 13.0 Å². The number of nitrogens with zero attached hydrogens (tertiary/aromatic N) is 6. The van der Waals surface area contributed by atoms with Gasteiger partial charge in [0, 0.05) is 19.8 Å². The second-order valence-corrected chi connectivity index (χ2v) is 10.2. The molecule has 0 spiro atoms. The fraction of sp³-hybridized carbons (Fsp3) is 0.379. The van der Waals surface area contributed by atoms with E-state index in [1.54, 1.807) is 29.1 Å². The van der Waals surface area contributed by atoms with Crippen LogP contribution in [0.15, 0.2) is 48.7 Å². The third-order valence-electron chi connectivity index (χ3n) is 7.19. The van der Waals surface area contributed by atoms with Gasteiger partial charge < -0.3 is 20.5 Å². The first kappa shape index (κ1) is 27.9. The molecule has 1 aromatic carbocycles. The Morgan fingerprint density at radius 1 is 1.12 bits per heavy atom. The summed E-state index contributed by atoms with van der Waals surface area (Å²) in [7, 11) is 1.81. The van der Waals surface area contributed by atoms with Crippen LogP contribution in [0.2, 0.25) is 0 Å². The predicted octanol–water partition coefficient (Wildman–Crippen LogP) is 4.40. The zero-order valence-electron chi connectivity index (χ0n) is 23.0. The Bertz CT molecular complexity index is 1490. The molecule has 2 atom stereocenters. The number of carboxylic acids is 1. The van der Waals surface area contributed by atoms with E-state index in [-0.39, 0.29) is 17.8 Å². The first-order valence-electron chi connectivity index (χ1n) is 13.7. The molecule has 0 amide bonds. The van der Waals surface area contributed by atoms with E-state index in [9.17, 15) is 14.3 Å². The molecule has 0 aliphatic heterocycles. The average molecular weight is 561 g/mol. The Morgan fingerprint density at radius 3 is 2.73 bits per heavy atom. The molecule has 1 aliphatic carbocycles. The lowest BCUT2D eigenvalue weighted by Gasteiger charge is -2.27. The van der Waals surface area contributed by atoms with Gasteiger partial charge >= 0.3 is 5.97 Å². The Labute approximate surface area is 237 Å². The van der Waals surface area contributed by atoms with Crippen LogP contribution in [0.5, 0.6) is 5.75 Å². The largest absolute Gasteiger partial charge is 0.489 e. The monoisotopic (exact) mass is 560 g/mol. The van der Waals surface area contributed by atoms with Crippen molar-refractivity contribution in [1.29, 1.82) is 0 Å². The van der Waals surface area contributed by atoms with E-state index in [0.717, 1.165) is 30.5 Å². The molecule has 1 aliphatic rings. The summed E-state index contributed by atoms with van der Waals surface area (Å²) >= 11 is 0. The van der Waals surface area contributed by atoms with E-state index >= 15 is 0 Å². The Hall–Kier alpha value is -4.61. The van der Waals surface area contributed by atoms with Crippen molar-refractivity contribution in [3.63, 3.8) is 0 Å². The van der Waals surface area contributed by atoms with E-state index in [2.05, 4.69) is 30.9 Å². The van der Waals surface area contributed by atoms with Crippen LogP contribution < -0.4 is 15.4 Å². The summed E-state index contributed by atoms with van der Waals surface area (Å²) in [6.45, 7) is 2.88. The maximum atomic E-state index is 13.1. The maximum absolute atomic E-state index is 13.1. The second-order valence-electron chi connectivity index (χ2n) is 10.2. The first-order valence-corrected chi connectivity index (χ1v) is 13.7. The number of hydrogen-bond acceptors (Lipinski definition) is 9. The van der Waals surface area contributed by atoms with Crippen molar-refractivity contribution in [2.75, 3.05) is 17.2 Å². The van der Waals surface area contributed by atoms with Crippen molar-refractivity contribution in [1.82, 2.24) is 29.9 Å². The number of carbonyl (C=O) groups is 1. The molecule has 0 radical (unpaired) electrons. The molecule has 12 heteroatoms. The molecule has 1 fully saturated rings. The first-order chi connectivity index (χ1) is 19.9. The SMILES string of the molecule is Cc1nc(-c2nnn(C)c2CNc2nccc(NCCc3ccc(F)cc3)n2)ccc1O[C@H]1CCC[C@H](C(=O)O)C1. The van der Waals surface area contributed by atoms with Gasteiger partial charge in [-0.25, -0.2) is 19.0 Å². The number of hydrogen-bond donors (Lipinski definition) is 3. The molecule has 4 aromatic rings. The highest BCUT2D eigenvalue weighted by atomic mass is 19.1. The number of anilines is 2. The molecule has 3 heterocycles. The topological polar surface area (TPSA) is 140 Å². The minimum absolute atomic E-state index is 0.138. The van der Waals surface area contributed by atoms with E-state index in [1.165, 1.54) is 12.1 Å². The lowest BCUT2D eigenvalue weighted by molar-refractivity contribution is -0.143. The predicted molar refractivity (Wildman–Crippen MR) is 151 cm³/mol. The molecule has 11 nitrogen and oxygen atoms in total. The van der Waals surface area contributed by atoms with E-state index in [4.69, 9.17) is 9.72 Å². The Balaban J connectivity index is 1.20. The van der Waals surface area contributed by atoms with Crippen LogP contribution in [0.3, 0.4) is 0 Å². The van der Waals surface area contributed by atoms with Crippen molar-refractivity contribution in [3.05, 3.63) is 71.4 Å². The number of halogens is 1.